The lowest BCUT2D eigenvalue weighted by Gasteiger charge is -2.07. The zero-order valence-electron chi connectivity index (χ0n) is 11.9. The van der Waals surface area contributed by atoms with E-state index < -0.39 is 0 Å². The van der Waals surface area contributed by atoms with Gasteiger partial charge >= 0.3 is 0 Å². The Morgan fingerprint density at radius 2 is 1.14 bits per heavy atom. The summed E-state index contributed by atoms with van der Waals surface area (Å²) in [6.07, 6.45) is 0.841. The molecule has 3 aromatic carbocycles. The van der Waals surface area contributed by atoms with Crippen LogP contribution in [0.25, 0.3) is 11.1 Å². The van der Waals surface area contributed by atoms with E-state index in [1.54, 1.807) is 24.3 Å². The molecular weight excluding hydrogens is 274 g/mol. The fraction of sp³-hybridized carbons (Fsp3) is 0. The van der Waals surface area contributed by atoms with Gasteiger partial charge in [-0.05, 0) is 47.5 Å². The minimum Gasteiger partial charge on any atom is -0.457 e. The van der Waals surface area contributed by atoms with Crippen molar-refractivity contribution in [3.05, 3.63) is 78.4 Å². The van der Waals surface area contributed by atoms with Gasteiger partial charge in [-0.25, -0.2) is 0 Å². The summed E-state index contributed by atoms with van der Waals surface area (Å²) in [5.74, 6) is 1.51. The minimum absolute atomic E-state index is 0.673. The zero-order chi connectivity index (χ0) is 15.4. The maximum atomic E-state index is 10.7. The summed E-state index contributed by atoms with van der Waals surface area (Å²) in [7, 11) is 0. The lowest BCUT2D eigenvalue weighted by molar-refractivity contribution is 0.112. The molecule has 0 atom stereocenters. The molecule has 0 aliphatic rings. The van der Waals surface area contributed by atoms with Gasteiger partial charge in [0.25, 0.3) is 0 Å². The van der Waals surface area contributed by atoms with Crippen LogP contribution in [0.15, 0.2) is 72.8 Å². The van der Waals surface area contributed by atoms with Gasteiger partial charge in [-0.3, -0.25) is 4.79 Å². The summed E-state index contributed by atoms with van der Waals surface area (Å²) >= 11 is 0. The predicted molar refractivity (Wildman–Crippen MR) is 88.2 cm³/mol. The van der Waals surface area contributed by atoms with Crippen LogP contribution in [0.5, 0.6) is 11.5 Å². The van der Waals surface area contributed by atoms with Crippen molar-refractivity contribution < 1.29 is 9.53 Å². The number of nitrogens with two attached hydrogens (primary N) is 1. The van der Waals surface area contributed by atoms with Gasteiger partial charge in [0.05, 0.1) is 0 Å². The first-order chi connectivity index (χ1) is 10.7. The third-order valence-corrected chi connectivity index (χ3v) is 3.35. The average molecular weight is 289 g/mol. The van der Waals surface area contributed by atoms with Crippen LogP contribution in [0.2, 0.25) is 0 Å². The van der Waals surface area contributed by atoms with Crippen molar-refractivity contribution in [3.63, 3.8) is 0 Å². The largest absolute Gasteiger partial charge is 0.457 e. The number of anilines is 1. The molecule has 0 unspecified atom stereocenters. The number of hydrogen-bond acceptors (Lipinski definition) is 3. The Labute approximate surface area is 129 Å². The van der Waals surface area contributed by atoms with Crippen LogP contribution in [-0.4, -0.2) is 6.29 Å². The van der Waals surface area contributed by atoms with Crippen LogP contribution < -0.4 is 10.5 Å². The topological polar surface area (TPSA) is 52.3 Å². The van der Waals surface area contributed by atoms with E-state index in [2.05, 4.69) is 0 Å². The SMILES string of the molecule is Nc1ccc(Oc2ccc(-c3ccc(C=O)cc3)cc2)cc1. The van der Waals surface area contributed by atoms with Crippen LogP contribution in [0, 0.1) is 0 Å². The fourth-order valence-electron chi connectivity index (χ4n) is 2.14. The number of carbonyl (C=O) groups excluding carboxylic acids is 1. The van der Waals surface area contributed by atoms with Crippen LogP contribution in [0.4, 0.5) is 5.69 Å². The molecule has 3 heteroatoms. The summed E-state index contributed by atoms with van der Waals surface area (Å²) in [4.78, 5) is 10.7. The Morgan fingerprint density at radius 1 is 0.682 bits per heavy atom. The monoisotopic (exact) mass is 289 g/mol. The number of ether oxygens (including phenoxy) is 1. The number of rotatable bonds is 4. The zero-order valence-corrected chi connectivity index (χ0v) is 11.9. The molecule has 0 aliphatic heterocycles. The van der Waals surface area contributed by atoms with E-state index in [1.165, 1.54) is 0 Å². The molecule has 0 amide bonds. The second-order valence-corrected chi connectivity index (χ2v) is 4.94. The van der Waals surface area contributed by atoms with Gasteiger partial charge in [0.15, 0.2) is 0 Å². The van der Waals surface area contributed by atoms with Crippen LogP contribution in [-0.2, 0) is 0 Å². The number of nitrogen functional groups attached to an aromatic ring is 1. The number of carbonyl (C=O) groups is 1. The molecule has 0 fully saturated rings. The van der Waals surface area contributed by atoms with Gasteiger partial charge in [0.2, 0.25) is 0 Å². The average Bonchev–Trinajstić information content (AvgIpc) is 2.58. The summed E-state index contributed by atoms with van der Waals surface area (Å²) in [6, 6.07) is 22.6. The van der Waals surface area contributed by atoms with Crippen molar-refractivity contribution in [2.45, 2.75) is 0 Å². The maximum Gasteiger partial charge on any atom is 0.150 e. The highest BCUT2D eigenvalue weighted by Crippen LogP contribution is 2.26. The van der Waals surface area contributed by atoms with Crippen molar-refractivity contribution in [2.75, 3.05) is 5.73 Å². The van der Waals surface area contributed by atoms with Gasteiger partial charge in [-0.15, -0.1) is 0 Å². The molecule has 0 aromatic heterocycles. The molecule has 3 aromatic rings. The molecule has 108 valence electrons. The molecule has 0 radical (unpaired) electrons. The number of hydrogen-bond donors (Lipinski definition) is 1. The Balaban J connectivity index is 1.76. The normalized spacial score (nSPS) is 10.2. The molecule has 0 saturated carbocycles. The molecule has 0 bridgehead atoms. The van der Waals surface area contributed by atoms with Crippen molar-refractivity contribution in [1.82, 2.24) is 0 Å². The quantitative estimate of drug-likeness (QED) is 0.566. The highest BCUT2D eigenvalue weighted by atomic mass is 16.5. The lowest BCUT2D eigenvalue weighted by Crippen LogP contribution is -1.87. The summed E-state index contributed by atoms with van der Waals surface area (Å²) in [5, 5.41) is 0. The van der Waals surface area contributed by atoms with Crippen molar-refractivity contribution in [3.8, 4) is 22.6 Å². The van der Waals surface area contributed by atoms with E-state index in [-0.39, 0.29) is 0 Å². The summed E-state index contributed by atoms with van der Waals surface area (Å²) < 4.78 is 5.76. The number of benzene rings is 3. The number of aldehydes is 1. The molecule has 3 nitrogen and oxygen atoms in total. The fourth-order valence-corrected chi connectivity index (χ4v) is 2.14. The van der Waals surface area contributed by atoms with Gasteiger partial charge < -0.3 is 10.5 Å². The third-order valence-electron chi connectivity index (χ3n) is 3.35. The smallest absolute Gasteiger partial charge is 0.150 e. The van der Waals surface area contributed by atoms with Crippen LogP contribution in [0.3, 0.4) is 0 Å². The molecule has 0 saturated heterocycles. The molecule has 3 rings (SSSR count). The van der Waals surface area contributed by atoms with E-state index in [4.69, 9.17) is 10.5 Å². The Kier molecular flexibility index (Phi) is 3.88. The van der Waals surface area contributed by atoms with E-state index in [1.807, 2.05) is 48.5 Å². The first-order valence-electron chi connectivity index (χ1n) is 6.94. The maximum absolute atomic E-state index is 10.7. The first kappa shape index (κ1) is 13.9. The highest BCUT2D eigenvalue weighted by Gasteiger charge is 2.01. The van der Waals surface area contributed by atoms with Crippen LogP contribution in [0.1, 0.15) is 10.4 Å². The lowest BCUT2D eigenvalue weighted by atomic mass is 10.0. The van der Waals surface area contributed by atoms with E-state index in [0.29, 0.717) is 11.3 Å². The summed E-state index contributed by atoms with van der Waals surface area (Å²) in [6.45, 7) is 0. The molecule has 0 spiro atoms. The summed E-state index contributed by atoms with van der Waals surface area (Å²) in [5.41, 5.74) is 9.16. The van der Waals surface area contributed by atoms with Crippen molar-refractivity contribution in [1.29, 1.82) is 0 Å². The van der Waals surface area contributed by atoms with Gasteiger partial charge in [-0.1, -0.05) is 36.4 Å². The molecule has 0 aliphatic carbocycles. The van der Waals surface area contributed by atoms with Crippen molar-refractivity contribution >= 4 is 12.0 Å². The molecular formula is C19H15NO2. The predicted octanol–water partition coefficient (Wildman–Crippen LogP) is 4.54. The first-order valence-corrected chi connectivity index (χ1v) is 6.94. The van der Waals surface area contributed by atoms with Gasteiger partial charge in [0, 0.05) is 11.3 Å². The highest BCUT2D eigenvalue weighted by molar-refractivity contribution is 5.77. The van der Waals surface area contributed by atoms with Gasteiger partial charge in [-0.2, -0.15) is 0 Å². The van der Waals surface area contributed by atoms with Gasteiger partial charge in [0.1, 0.15) is 17.8 Å². The minimum atomic E-state index is 0.673. The Bertz CT molecular complexity index is 760. The van der Waals surface area contributed by atoms with E-state index in [9.17, 15) is 4.79 Å². The van der Waals surface area contributed by atoms with Crippen molar-refractivity contribution in [2.24, 2.45) is 0 Å². The second kappa shape index (κ2) is 6.14. The molecule has 0 heterocycles. The molecule has 2 N–H and O–H groups in total. The second-order valence-electron chi connectivity index (χ2n) is 4.94. The van der Waals surface area contributed by atoms with Crippen LogP contribution >= 0.6 is 0 Å². The molecule has 22 heavy (non-hydrogen) atoms. The Morgan fingerprint density at radius 3 is 1.64 bits per heavy atom. The van der Waals surface area contributed by atoms with E-state index >= 15 is 0 Å². The third kappa shape index (κ3) is 3.15. The standard InChI is InChI=1S/C19H15NO2/c20-17-7-11-19(12-8-17)22-18-9-5-16(6-10-18)15-3-1-14(13-21)2-4-15/h1-13H,20H2. The Hall–Kier alpha value is -3.07. The van der Waals surface area contributed by atoms with E-state index in [0.717, 1.165) is 28.9 Å².